The summed E-state index contributed by atoms with van der Waals surface area (Å²) < 4.78 is 4.89. The second-order valence-corrected chi connectivity index (χ2v) is 3.12. The Balaban J connectivity index is 2.65. The molecule has 0 aliphatic heterocycles. The molecule has 0 saturated carbocycles. The zero-order valence-corrected chi connectivity index (χ0v) is 8.73. The van der Waals surface area contributed by atoms with Crippen molar-refractivity contribution in [3.63, 3.8) is 0 Å². The molecule has 0 fully saturated rings. The van der Waals surface area contributed by atoms with E-state index in [-0.39, 0.29) is 23.5 Å². The smallest absolute Gasteiger partial charge is 0.274 e. The molecule has 0 spiro atoms. The Kier molecular flexibility index (Phi) is 3.99. The predicted molar refractivity (Wildman–Crippen MR) is 55.2 cm³/mol. The number of nitrogens with two attached hydrogens (primary N) is 1. The molecule has 0 aliphatic rings. The van der Waals surface area contributed by atoms with E-state index in [4.69, 9.17) is 10.5 Å². The van der Waals surface area contributed by atoms with Crippen LogP contribution in [0.15, 0.2) is 12.4 Å². The number of nitrogens with zero attached hydrogens (tertiary/aromatic N) is 2. The van der Waals surface area contributed by atoms with Crippen LogP contribution in [0.4, 0.5) is 5.82 Å². The third-order valence-electron chi connectivity index (χ3n) is 1.74. The Hall–Kier alpha value is -1.69. The SMILES string of the molecule is COC[C@@H](C)NC(=O)c1nccnc1N. The molecule has 0 saturated heterocycles. The molecule has 82 valence electrons. The number of methoxy groups -OCH3 is 1. The minimum Gasteiger partial charge on any atom is -0.383 e. The van der Waals surface area contributed by atoms with Crippen LogP contribution in [-0.2, 0) is 4.74 Å². The number of amides is 1. The Morgan fingerprint density at radius 1 is 1.60 bits per heavy atom. The van der Waals surface area contributed by atoms with Gasteiger partial charge in [0, 0.05) is 25.5 Å². The first-order chi connectivity index (χ1) is 7.15. The average Bonchev–Trinajstić information content (AvgIpc) is 2.18. The van der Waals surface area contributed by atoms with Gasteiger partial charge in [0.25, 0.3) is 5.91 Å². The molecule has 0 aromatic carbocycles. The lowest BCUT2D eigenvalue weighted by atomic mass is 10.3. The van der Waals surface area contributed by atoms with E-state index in [1.807, 2.05) is 6.92 Å². The number of rotatable bonds is 4. The van der Waals surface area contributed by atoms with Crippen molar-refractivity contribution in [1.29, 1.82) is 0 Å². The molecule has 1 aromatic rings. The fourth-order valence-electron chi connectivity index (χ4n) is 1.11. The Morgan fingerprint density at radius 2 is 2.27 bits per heavy atom. The fraction of sp³-hybridized carbons (Fsp3) is 0.444. The molecule has 6 heteroatoms. The molecule has 6 nitrogen and oxygen atoms in total. The van der Waals surface area contributed by atoms with Crippen LogP contribution in [0.3, 0.4) is 0 Å². The second kappa shape index (κ2) is 5.26. The number of nitrogen functional groups attached to an aromatic ring is 1. The maximum atomic E-state index is 11.6. The summed E-state index contributed by atoms with van der Waals surface area (Å²) in [5, 5.41) is 2.69. The molecule has 3 N–H and O–H groups in total. The third-order valence-corrected chi connectivity index (χ3v) is 1.74. The van der Waals surface area contributed by atoms with E-state index in [0.29, 0.717) is 6.61 Å². The van der Waals surface area contributed by atoms with E-state index >= 15 is 0 Å². The lowest BCUT2D eigenvalue weighted by molar-refractivity contribution is 0.0901. The minimum absolute atomic E-state index is 0.0936. The van der Waals surface area contributed by atoms with E-state index < -0.39 is 0 Å². The molecule has 1 heterocycles. The van der Waals surface area contributed by atoms with Gasteiger partial charge in [0.1, 0.15) is 0 Å². The normalized spacial score (nSPS) is 12.1. The van der Waals surface area contributed by atoms with Gasteiger partial charge >= 0.3 is 0 Å². The number of hydrogen-bond donors (Lipinski definition) is 2. The first-order valence-corrected chi connectivity index (χ1v) is 4.51. The molecule has 0 unspecified atom stereocenters. The summed E-state index contributed by atoms with van der Waals surface area (Å²) >= 11 is 0. The van der Waals surface area contributed by atoms with Gasteiger partial charge in [-0.15, -0.1) is 0 Å². The molecular weight excluding hydrogens is 196 g/mol. The van der Waals surface area contributed by atoms with Gasteiger partial charge in [-0.25, -0.2) is 9.97 Å². The van der Waals surface area contributed by atoms with Crippen LogP contribution < -0.4 is 11.1 Å². The summed E-state index contributed by atoms with van der Waals surface area (Å²) in [5.74, 6) is -0.218. The summed E-state index contributed by atoms with van der Waals surface area (Å²) in [6, 6.07) is -0.0936. The molecule has 0 bridgehead atoms. The maximum absolute atomic E-state index is 11.6. The van der Waals surface area contributed by atoms with Gasteiger partial charge in [0.05, 0.1) is 6.61 Å². The Labute approximate surface area is 87.9 Å². The van der Waals surface area contributed by atoms with Crippen molar-refractivity contribution in [1.82, 2.24) is 15.3 Å². The fourth-order valence-corrected chi connectivity index (χ4v) is 1.11. The van der Waals surface area contributed by atoms with E-state index in [2.05, 4.69) is 15.3 Å². The highest BCUT2D eigenvalue weighted by Crippen LogP contribution is 2.02. The zero-order valence-electron chi connectivity index (χ0n) is 8.73. The van der Waals surface area contributed by atoms with Crippen LogP contribution in [0.25, 0.3) is 0 Å². The van der Waals surface area contributed by atoms with Gasteiger partial charge < -0.3 is 15.8 Å². The van der Waals surface area contributed by atoms with Gasteiger partial charge in [-0.2, -0.15) is 0 Å². The maximum Gasteiger partial charge on any atom is 0.274 e. The second-order valence-electron chi connectivity index (χ2n) is 3.12. The highest BCUT2D eigenvalue weighted by Gasteiger charge is 2.13. The first kappa shape index (κ1) is 11.4. The Bertz CT molecular complexity index is 343. The van der Waals surface area contributed by atoms with Crippen molar-refractivity contribution in [2.24, 2.45) is 0 Å². The Morgan fingerprint density at radius 3 is 2.87 bits per heavy atom. The van der Waals surface area contributed by atoms with Crippen molar-refractivity contribution >= 4 is 11.7 Å². The quantitative estimate of drug-likeness (QED) is 0.719. The zero-order chi connectivity index (χ0) is 11.3. The van der Waals surface area contributed by atoms with E-state index in [1.54, 1.807) is 7.11 Å². The largest absolute Gasteiger partial charge is 0.383 e. The van der Waals surface area contributed by atoms with Gasteiger partial charge in [-0.1, -0.05) is 0 Å². The first-order valence-electron chi connectivity index (χ1n) is 4.51. The number of hydrogen-bond acceptors (Lipinski definition) is 5. The van der Waals surface area contributed by atoms with Crippen LogP contribution in [0.2, 0.25) is 0 Å². The summed E-state index contributed by atoms with van der Waals surface area (Å²) in [6.45, 7) is 2.26. The third kappa shape index (κ3) is 3.17. The van der Waals surface area contributed by atoms with Gasteiger partial charge in [0.15, 0.2) is 11.5 Å². The monoisotopic (exact) mass is 210 g/mol. The topological polar surface area (TPSA) is 90.1 Å². The van der Waals surface area contributed by atoms with Gasteiger partial charge in [-0.05, 0) is 6.92 Å². The van der Waals surface area contributed by atoms with Crippen molar-refractivity contribution in [2.75, 3.05) is 19.5 Å². The minimum atomic E-state index is -0.342. The standard InChI is InChI=1S/C9H14N4O2/c1-6(5-15-2)13-9(14)7-8(10)12-4-3-11-7/h3-4,6H,5H2,1-2H3,(H2,10,12)(H,13,14)/t6-/m1/s1. The van der Waals surface area contributed by atoms with Crippen LogP contribution in [-0.4, -0.2) is 35.6 Å². The summed E-state index contributed by atoms with van der Waals surface area (Å²) in [6.07, 6.45) is 2.86. The molecule has 0 aliphatic carbocycles. The molecule has 15 heavy (non-hydrogen) atoms. The van der Waals surface area contributed by atoms with Crippen molar-refractivity contribution in [2.45, 2.75) is 13.0 Å². The molecule has 1 aromatic heterocycles. The number of carbonyl (C=O) groups excluding carboxylic acids is 1. The molecule has 0 radical (unpaired) electrons. The molecule has 1 rings (SSSR count). The van der Waals surface area contributed by atoms with E-state index in [1.165, 1.54) is 12.4 Å². The number of carbonyl (C=O) groups is 1. The highest BCUT2D eigenvalue weighted by atomic mass is 16.5. The number of aromatic nitrogens is 2. The van der Waals surface area contributed by atoms with E-state index in [9.17, 15) is 4.79 Å². The predicted octanol–water partition coefficient (Wildman–Crippen LogP) is -0.177. The number of nitrogens with one attached hydrogen (secondary N) is 1. The van der Waals surface area contributed by atoms with E-state index in [0.717, 1.165) is 0 Å². The average molecular weight is 210 g/mol. The summed E-state index contributed by atoms with van der Waals surface area (Å²) in [7, 11) is 1.57. The van der Waals surface area contributed by atoms with Crippen molar-refractivity contribution in [3.05, 3.63) is 18.1 Å². The molecular formula is C9H14N4O2. The summed E-state index contributed by atoms with van der Waals surface area (Å²) in [4.78, 5) is 19.2. The summed E-state index contributed by atoms with van der Waals surface area (Å²) in [5.41, 5.74) is 5.64. The van der Waals surface area contributed by atoms with Crippen molar-refractivity contribution < 1.29 is 9.53 Å². The van der Waals surface area contributed by atoms with Crippen LogP contribution in [0.5, 0.6) is 0 Å². The van der Waals surface area contributed by atoms with Gasteiger partial charge in [0.2, 0.25) is 0 Å². The van der Waals surface area contributed by atoms with Crippen molar-refractivity contribution in [3.8, 4) is 0 Å². The highest BCUT2D eigenvalue weighted by molar-refractivity contribution is 5.96. The lowest BCUT2D eigenvalue weighted by Crippen LogP contribution is -2.36. The molecule has 1 atom stereocenters. The van der Waals surface area contributed by atoms with Crippen LogP contribution in [0.1, 0.15) is 17.4 Å². The number of ether oxygens (including phenoxy) is 1. The van der Waals surface area contributed by atoms with Crippen LogP contribution in [0, 0.1) is 0 Å². The number of anilines is 1. The van der Waals surface area contributed by atoms with Gasteiger partial charge in [-0.3, -0.25) is 4.79 Å². The molecule has 1 amide bonds. The van der Waals surface area contributed by atoms with Crippen LogP contribution >= 0.6 is 0 Å². The lowest BCUT2D eigenvalue weighted by Gasteiger charge is -2.12.